The summed E-state index contributed by atoms with van der Waals surface area (Å²) in [7, 11) is 0. The summed E-state index contributed by atoms with van der Waals surface area (Å²) in [5.74, 6) is 2.60. The standard InChI is InChI=1S/C16H27N5O/c1-2-3-8-13(12-6-4-7-12)18-16(22)17-11-15-20-19-14-9-5-10-21(14)15/h12-13H,2-11H2,1H3,(H2,17,18,22)/t13-/m1/s1. The van der Waals surface area contributed by atoms with Crippen LogP contribution in [0.25, 0.3) is 0 Å². The molecule has 2 amide bonds. The lowest BCUT2D eigenvalue weighted by molar-refractivity contribution is 0.200. The molecule has 1 fully saturated rings. The van der Waals surface area contributed by atoms with Crippen molar-refractivity contribution >= 4 is 6.03 Å². The maximum absolute atomic E-state index is 12.2. The van der Waals surface area contributed by atoms with E-state index < -0.39 is 0 Å². The first-order valence-corrected chi connectivity index (χ1v) is 8.73. The molecule has 0 bridgehead atoms. The Bertz CT molecular complexity index is 509. The number of aromatic nitrogens is 3. The summed E-state index contributed by atoms with van der Waals surface area (Å²) in [5.41, 5.74) is 0. The van der Waals surface area contributed by atoms with E-state index in [0.29, 0.717) is 18.5 Å². The fourth-order valence-corrected chi connectivity index (χ4v) is 3.41. The van der Waals surface area contributed by atoms with Crippen LogP contribution < -0.4 is 10.6 Å². The molecule has 2 N–H and O–H groups in total. The molecule has 1 aliphatic carbocycles. The van der Waals surface area contributed by atoms with Crippen LogP contribution in [-0.2, 0) is 19.5 Å². The zero-order valence-electron chi connectivity index (χ0n) is 13.5. The van der Waals surface area contributed by atoms with E-state index in [1.54, 1.807) is 0 Å². The number of rotatable bonds is 7. The Morgan fingerprint density at radius 2 is 2.23 bits per heavy atom. The molecule has 1 aromatic rings. The number of nitrogens with zero attached hydrogens (tertiary/aromatic N) is 3. The van der Waals surface area contributed by atoms with Crippen molar-refractivity contribution in [2.45, 2.75) is 77.4 Å². The number of urea groups is 1. The Balaban J connectivity index is 1.48. The number of hydrogen-bond donors (Lipinski definition) is 2. The first-order chi connectivity index (χ1) is 10.8. The van der Waals surface area contributed by atoms with E-state index in [2.05, 4.69) is 32.3 Å². The van der Waals surface area contributed by atoms with Gasteiger partial charge in [0.15, 0.2) is 5.82 Å². The van der Waals surface area contributed by atoms with E-state index in [4.69, 9.17) is 0 Å². The highest BCUT2D eigenvalue weighted by Crippen LogP contribution is 2.31. The smallest absolute Gasteiger partial charge is 0.315 e. The molecule has 0 saturated heterocycles. The number of fused-ring (bicyclic) bond motifs is 1. The molecule has 6 heteroatoms. The van der Waals surface area contributed by atoms with Crippen molar-refractivity contribution < 1.29 is 4.79 Å². The summed E-state index contributed by atoms with van der Waals surface area (Å²) < 4.78 is 2.13. The summed E-state index contributed by atoms with van der Waals surface area (Å²) in [6, 6.07) is 0.265. The van der Waals surface area contributed by atoms with Gasteiger partial charge in [-0.05, 0) is 31.6 Å². The second kappa shape index (κ2) is 7.11. The van der Waals surface area contributed by atoms with Crippen molar-refractivity contribution in [1.82, 2.24) is 25.4 Å². The molecule has 0 spiro atoms. The molecule has 22 heavy (non-hydrogen) atoms. The van der Waals surface area contributed by atoms with E-state index in [9.17, 15) is 4.79 Å². The minimum absolute atomic E-state index is 0.0663. The molecule has 0 unspecified atom stereocenters. The van der Waals surface area contributed by atoms with Crippen LogP contribution in [0.3, 0.4) is 0 Å². The van der Waals surface area contributed by atoms with Gasteiger partial charge in [0, 0.05) is 19.0 Å². The third kappa shape index (κ3) is 3.42. The third-order valence-corrected chi connectivity index (χ3v) is 5.00. The van der Waals surface area contributed by atoms with E-state index in [-0.39, 0.29) is 6.03 Å². The maximum atomic E-state index is 12.2. The lowest BCUT2D eigenvalue weighted by Crippen LogP contribution is -2.47. The Labute approximate surface area is 132 Å². The topological polar surface area (TPSA) is 71.8 Å². The zero-order chi connectivity index (χ0) is 15.4. The van der Waals surface area contributed by atoms with Crippen LogP contribution in [0, 0.1) is 5.92 Å². The zero-order valence-corrected chi connectivity index (χ0v) is 13.5. The van der Waals surface area contributed by atoms with Crippen molar-refractivity contribution in [3.8, 4) is 0 Å². The molecule has 122 valence electrons. The number of unbranched alkanes of at least 4 members (excludes halogenated alkanes) is 1. The Morgan fingerprint density at radius 3 is 2.95 bits per heavy atom. The van der Waals surface area contributed by atoms with E-state index in [1.165, 1.54) is 32.1 Å². The third-order valence-electron chi connectivity index (χ3n) is 5.00. The molecular formula is C16H27N5O. The van der Waals surface area contributed by atoms with E-state index in [0.717, 1.165) is 37.5 Å². The van der Waals surface area contributed by atoms with Crippen molar-refractivity contribution in [2.24, 2.45) is 5.92 Å². The van der Waals surface area contributed by atoms with Crippen molar-refractivity contribution in [2.75, 3.05) is 0 Å². The van der Waals surface area contributed by atoms with Gasteiger partial charge < -0.3 is 15.2 Å². The second-order valence-corrected chi connectivity index (χ2v) is 6.55. The van der Waals surface area contributed by atoms with Crippen molar-refractivity contribution in [3.63, 3.8) is 0 Å². The largest absolute Gasteiger partial charge is 0.335 e. The molecule has 1 aliphatic heterocycles. The monoisotopic (exact) mass is 305 g/mol. The lowest BCUT2D eigenvalue weighted by Gasteiger charge is -2.34. The molecule has 1 saturated carbocycles. The number of nitrogens with one attached hydrogen (secondary N) is 2. The maximum Gasteiger partial charge on any atom is 0.315 e. The van der Waals surface area contributed by atoms with E-state index in [1.807, 2.05) is 0 Å². The van der Waals surface area contributed by atoms with Crippen LogP contribution >= 0.6 is 0 Å². The summed E-state index contributed by atoms with van der Waals surface area (Å²) in [5, 5.41) is 14.5. The Morgan fingerprint density at radius 1 is 1.36 bits per heavy atom. The minimum atomic E-state index is -0.0663. The SMILES string of the molecule is CCCC[C@@H](NC(=O)NCc1nnc2n1CCC2)C1CCC1. The first kappa shape index (κ1) is 15.3. The molecule has 1 aromatic heterocycles. The predicted molar refractivity (Wildman–Crippen MR) is 84.4 cm³/mol. The molecular weight excluding hydrogens is 278 g/mol. The highest BCUT2D eigenvalue weighted by Gasteiger charge is 2.28. The fourth-order valence-electron chi connectivity index (χ4n) is 3.41. The molecule has 2 heterocycles. The molecule has 1 atom stereocenters. The summed E-state index contributed by atoms with van der Waals surface area (Å²) in [6.07, 6.45) is 9.40. The molecule has 2 aliphatic rings. The minimum Gasteiger partial charge on any atom is -0.335 e. The average Bonchev–Trinajstić information content (AvgIpc) is 3.04. The average molecular weight is 305 g/mol. The van der Waals surface area contributed by atoms with Crippen LogP contribution in [0.1, 0.15) is 63.5 Å². The van der Waals surface area contributed by atoms with Crippen molar-refractivity contribution in [1.29, 1.82) is 0 Å². The number of aryl methyl sites for hydroxylation is 1. The molecule has 6 nitrogen and oxygen atoms in total. The van der Waals surface area contributed by atoms with Gasteiger partial charge in [0.25, 0.3) is 0 Å². The van der Waals surface area contributed by atoms with Gasteiger partial charge in [0.05, 0.1) is 6.54 Å². The second-order valence-electron chi connectivity index (χ2n) is 6.55. The van der Waals surface area contributed by atoms with Gasteiger partial charge in [-0.3, -0.25) is 0 Å². The fraction of sp³-hybridized carbons (Fsp3) is 0.812. The van der Waals surface area contributed by atoms with Gasteiger partial charge in [-0.15, -0.1) is 10.2 Å². The predicted octanol–water partition coefficient (Wildman–Crippen LogP) is 2.38. The van der Waals surface area contributed by atoms with Gasteiger partial charge in [-0.25, -0.2) is 4.79 Å². The summed E-state index contributed by atoms with van der Waals surface area (Å²) in [6.45, 7) is 3.63. The van der Waals surface area contributed by atoms with Crippen molar-refractivity contribution in [3.05, 3.63) is 11.6 Å². The van der Waals surface area contributed by atoms with Gasteiger partial charge in [0.2, 0.25) is 0 Å². The first-order valence-electron chi connectivity index (χ1n) is 8.73. The molecule has 3 rings (SSSR count). The van der Waals surface area contributed by atoms with Gasteiger partial charge in [0.1, 0.15) is 5.82 Å². The number of amides is 2. The summed E-state index contributed by atoms with van der Waals surface area (Å²) >= 11 is 0. The Kier molecular flexibility index (Phi) is 4.95. The highest BCUT2D eigenvalue weighted by atomic mass is 16.2. The highest BCUT2D eigenvalue weighted by molar-refractivity contribution is 5.74. The quantitative estimate of drug-likeness (QED) is 0.812. The van der Waals surface area contributed by atoms with Gasteiger partial charge >= 0.3 is 6.03 Å². The molecule has 0 radical (unpaired) electrons. The lowest BCUT2D eigenvalue weighted by atomic mass is 9.78. The van der Waals surface area contributed by atoms with Crippen LogP contribution in [0.4, 0.5) is 4.79 Å². The number of carbonyl (C=O) groups is 1. The molecule has 0 aromatic carbocycles. The van der Waals surface area contributed by atoms with Gasteiger partial charge in [-0.2, -0.15) is 0 Å². The van der Waals surface area contributed by atoms with Crippen LogP contribution in [0.15, 0.2) is 0 Å². The van der Waals surface area contributed by atoms with Crippen LogP contribution in [-0.4, -0.2) is 26.8 Å². The number of carbonyl (C=O) groups excluding carboxylic acids is 1. The van der Waals surface area contributed by atoms with Crippen LogP contribution in [0.2, 0.25) is 0 Å². The summed E-state index contributed by atoms with van der Waals surface area (Å²) in [4.78, 5) is 12.2. The van der Waals surface area contributed by atoms with Gasteiger partial charge in [-0.1, -0.05) is 26.2 Å². The Hall–Kier alpha value is -1.59. The normalized spacial score (nSPS) is 18.6. The van der Waals surface area contributed by atoms with Crippen LogP contribution in [0.5, 0.6) is 0 Å². The van der Waals surface area contributed by atoms with E-state index >= 15 is 0 Å². The number of hydrogen-bond acceptors (Lipinski definition) is 3.